The van der Waals surface area contributed by atoms with E-state index in [2.05, 4.69) is 4.74 Å². The Labute approximate surface area is 146 Å². The van der Waals surface area contributed by atoms with Gasteiger partial charge in [0.1, 0.15) is 11.9 Å². The quantitative estimate of drug-likeness (QED) is 0.837. The van der Waals surface area contributed by atoms with Crippen LogP contribution in [0, 0.1) is 0 Å². The van der Waals surface area contributed by atoms with Gasteiger partial charge in [-0.05, 0) is 35.7 Å². The summed E-state index contributed by atoms with van der Waals surface area (Å²) in [6.07, 6.45) is -5.30. The van der Waals surface area contributed by atoms with E-state index in [1.54, 1.807) is 23.9 Å². The van der Waals surface area contributed by atoms with Gasteiger partial charge in [0.2, 0.25) is 0 Å². The number of hydrogen-bond donors (Lipinski definition) is 1. The number of thioether (sulfide) groups is 1. The Kier molecular flexibility index (Phi) is 4.80. The third kappa shape index (κ3) is 4.39. The van der Waals surface area contributed by atoms with Crippen LogP contribution in [0.15, 0.2) is 47.4 Å². The first-order valence-corrected chi connectivity index (χ1v) is 8.39. The molecule has 2 aromatic rings. The molecule has 0 spiro atoms. The summed E-state index contributed by atoms with van der Waals surface area (Å²) in [5.41, 5.74) is 7.29. The molecule has 0 radical (unpaired) electrons. The zero-order valence-corrected chi connectivity index (χ0v) is 13.7. The SMILES string of the molecule is NC(=O)OC1CCSc2cc(-c3cccc(OC(F)(F)F)c3)ccc21. The monoisotopic (exact) mass is 369 g/mol. The highest BCUT2D eigenvalue weighted by molar-refractivity contribution is 7.99. The highest BCUT2D eigenvalue weighted by Gasteiger charge is 2.31. The van der Waals surface area contributed by atoms with Crippen molar-refractivity contribution in [2.45, 2.75) is 23.8 Å². The van der Waals surface area contributed by atoms with Crippen LogP contribution in [0.25, 0.3) is 11.1 Å². The van der Waals surface area contributed by atoms with Crippen molar-refractivity contribution in [3.05, 3.63) is 48.0 Å². The van der Waals surface area contributed by atoms with Gasteiger partial charge in [-0.15, -0.1) is 24.9 Å². The van der Waals surface area contributed by atoms with Crippen LogP contribution in [0.4, 0.5) is 18.0 Å². The molecule has 1 aliphatic heterocycles. The number of amides is 1. The molecule has 2 N–H and O–H groups in total. The molecule has 1 heterocycles. The molecule has 1 atom stereocenters. The lowest BCUT2D eigenvalue weighted by atomic mass is 10.00. The average molecular weight is 369 g/mol. The summed E-state index contributed by atoms with van der Waals surface area (Å²) in [4.78, 5) is 11.9. The number of fused-ring (bicyclic) bond motifs is 1. The van der Waals surface area contributed by atoms with E-state index in [9.17, 15) is 18.0 Å². The van der Waals surface area contributed by atoms with Crippen molar-refractivity contribution in [1.29, 1.82) is 0 Å². The predicted octanol–water partition coefficient (Wildman–Crippen LogP) is 4.88. The minimum absolute atomic E-state index is 0.273. The van der Waals surface area contributed by atoms with E-state index in [-0.39, 0.29) is 5.75 Å². The minimum atomic E-state index is -4.73. The van der Waals surface area contributed by atoms with Gasteiger partial charge in [-0.1, -0.05) is 24.3 Å². The molecule has 1 aliphatic rings. The number of carbonyl (C=O) groups is 1. The van der Waals surface area contributed by atoms with Crippen molar-refractivity contribution >= 4 is 17.9 Å². The smallest absolute Gasteiger partial charge is 0.441 e. The van der Waals surface area contributed by atoms with Gasteiger partial charge in [0.05, 0.1) is 0 Å². The Morgan fingerprint density at radius 3 is 2.64 bits per heavy atom. The zero-order valence-electron chi connectivity index (χ0n) is 12.9. The van der Waals surface area contributed by atoms with Gasteiger partial charge in [0.15, 0.2) is 0 Å². The number of rotatable bonds is 3. The molecule has 0 saturated heterocycles. The van der Waals surface area contributed by atoms with E-state index in [0.717, 1.165) is 21.8 Å². The van der Waals surface area contributed by atoms with Crippen molar-refractivity contribution in [3.8, 4) is 16.9 Å². The maximum atomic E-state index is 12.4. The molecule has 132 valence electrons. The standard InChI is InChI=1S/C17H14F3NO3S/c18-17(19,20)24-12-3-1-2-10(8-12)11-4-5-13-14(23-16(21)22)6-7-25-15(13)9-11/h1-5,8-9,14H,6-7H2,(H2,21,22). The van der Waals surface area contributed by atoms with Crippen LogP contribution in [0.2, 0.25) is 0 Å². The third-order valence-electron chi connectivity index (χ3n) is 3.66. The summed E-state index contributed by atoms with van der Waals surface area (Å²) in [7, 11) is 0. The summed E-state index contributed by atoms with van der Waals surface area (Å²) in [5.74, 6) is 0.483. The van der Waals surface area contributed by atoms with Crippen molar-refractivity contribution in [2.75, 3.05) is 5.75 Å². The van der Waals surface area contributed by atoms with Gasteiger partial charge in [-0.25, -0.2) is 4.79 Å². The number of benzene rings is 2. The number of alkyl halides is 3. The molecule has 2 aromatic carbocycles. The molecule has 0 aromatic heterocycles. The molecule has 0 aliphatic carbocycles. The van der Waals surface area contributed by atoms with Crippen LogP contribution >= 0.6 is 11.8 Å². The lowest BCUT2D eigenvalue weighted by molar-refractivity contribution is -0.274. The number of hydrogen-bond acceptors (Lipinski definition) is 4. The van der Waals surface area contributed by atoms with Gasteiger partial charge in [-0.3, -0.25) is 0 Å². The first-order valence-electron chi connectivity index (χ1n) is 7.41. The molecule has 3 rings (SSSR count). The number of halogens is 3. The maximum Gasteiger partial charge on any atom is 0.573 e. The normalized spacial score (nSPS) is 16.8. The fourth-order valence-corrected chi connectivity index (χ4v) is 3.80. The van der Waals surface area contributed by atoms with Gasteiger partial charge in [-0.2, -0.15) is 0 Å². The Bertz CT molecular complexity index is 795. The van der Waals surface area contributed by atoms with E-state index < -0.39 is 18.6 Å². The second-order valence-corrected chi connectivity index (χ2v) is 6.53. The number of primary amides is 1. The summed E-state index contributed by atoms with van der Waals surface area (Å²) >= 11 is 1.60. The van der Waals surface area contributed by atoms with E-state index >= 15 is 0 Å². The average Bonchev–Trinajstić information content (AvgIpc) is 2.53. The number of ether oxygens (including phenoxy) is 2. The van der Waals surface area contributed by atoms with E-state index in [1.165, 1.54) is 18.2 Å². The van der Waals surface area contributed by atoms with Crippen molar-refractivity contribution in [2.24, 2.45) is 5.73 Å². The second-order valence-electron chi connectivity index (χ2n) is 5.39. The highest BCUT2D eigenvalue weighted by atomic mass is 32.2. The Balaban J connectivity index is 1.90. The number of nitrogens with two attached hydrogens (primary N) is 1. The maximum absolute atomic E-state index is 12.4. The first-order chi connectivity index (χ1) is 11.8. The largest absolute Gasteiger partial charge is 0.573 e. The van der Waals surface area contributed by atoms with Crippen LogP contribution in [-0.2, 0) is 4.74 Å². The highest BCUT2D eigenvalue weighted by Crippen LogP contribution is 2.40. The van der Waals surface area contributed by atoms with E-state index in [0.29, 0.717) is 12.0 Å². The fourth-order valence-electron chi connectivity index (χ4n) is 2.67. The second kappa shape index (κ2) is 6.87. The molecule has 1 unspecified atom stereocenters. The summed E-state index contributed by atoms with van der Waals surface area (Å²) in [5, 5.41) is 0. The van der Waals surface area contributed by atoms with Crippen molar-refractivity contribution in [3.63, 3.8) is 0 Å². The van der Waals surface area contributed by atoms with E-state index in [4.69, 9.17) is 10.5 Å². The van der Waals surface area contributed by atoms with Crippen LogP contribution in [0.3, 0.4) is 0 Å². The Morgan fingerprint density at radius 2 is 1.92 bits per heavy atom. The van der Waals surface area contributed by atoms with Gasteiger partial charge in [0, 0.05) is 16.2 Å². The molecule has 1 amide bonds. The summed E-state index contributed by atoms with van der Waals surface area (Å²) in [6.45, 7) is 0. The number of carbonyl (C=O) groups excluding carboxylic acids is 1. The van der Waals surface area contributed by atoms with Crippen LogP contribution in [-0.4, -0.2) is 18.2 Å². The molecule has 0 saturated carbocycles. The molecular weight excluding hydrogens is 355 g/mol. The summed E-state index contributed by atoms with van der Waals surface area (Å²) in [6, 6.07) is 11.2. The topological polar surface area (TPSA) is 61.6 Å². The zero-order chi connectivity index (χ0) is 18.0. The van der Waals surface area contributed by atoms with E-state index in [1.807, 2.05) is 12.1 Å². The van der Waals surface area contributed by atoms with Crippen LogP contribution in [0.1, 0.15) is 18.1 Å². The van der Waals surface area contributed by atoms with Gasteiger partial charge < -0.3 is 15.2 Å². The Hall–Kier alpha value is -2.35. The van der Waals surface area contributed by atoms with Gasteiger partial charge in [0.25, 0.3) is 0 Å². The molecular formula is C17H14F3NO3S. The van der Waals surface area contributed by atoms with Crippen LogP contribution in [0.5, 0.6) is 5.75 Å². The molecule has 4 nitrogen and oxygen atoms in total. The van der Waals surface area contributed by atoms with Crippen molar-refractivity contribution < 1.29 is 27.4 Å². The van der Waals surface area contributed by atoms with Gasteiger partial charge >= 0.3 is 12.5 Å². The molecule has 0 bridgehead atoms. The molecule has 8 heteroatoms. The predicted molar refractivity (Wildman–Crippen MR) is 87.3 cm³/mol. The third-order valence-corrected chi connectivity index (χ3v) is 4.76. The molecule has 0 fully saturated rings. The van der Waals surface area contributed by atoms with Crippen LogP contribution < -0.4 is 10.5 Å². The minimum Gasteiger partial charge on any atom is -0.441 e. The lowest BCUT2D eigenvalue weighted by Gasteiger charge is -2.24. The summed E-state index contributed by atoms with van der Waals surface area (Å²) < 4.78 is 46.2. The fraction of sp³-hybridized carbons (Fsp3) is 0.235. The van der Waals surface area contributed by atoms with Crippen molar-refractivity contribution in [1.82, 2.24) is 0 Å². The first kappa shape index (κ1) is 17.5. The lowest BCUT2D eigenvalue weighted by Crippen LogP contribution is -2.20. The Morgan fingerprint density at radius 1 is 1.16 bits per heavy atom. The molecule has 25 heavy (non-hydrogen) atoms.